The van der Waals surface area contributed by atoms with Crippen LogP contribution in [-0.2, 0) is 4.79 Å². The molecule has 0 fully saturated rings. The molecule has 0 aromatic rings. The summed E-state index contributed by atoms with van der Waals surface area (Å²) in [6.07, 6.45) is 8.21. The molecule has 0 bridgehead atoms. The first kappa shape index (κ1) is 8.25. The molecule has 1 aliphatic carbocycles. The maximum absolute atomic E-state index is 10.9. The van der Waals surface area contributed by atoms with E-state index in [1.807, 2.05) is 6.08 Å². The molecule has 1 heteroatoms. The summed E-state index contributed by atoms with van der Waals surface area (Å²) >= 11 is 0. The number of hydrogen-bond acceptors (Lipinski definition) is 1. The van der Waals surface area contributed by atoms with Gasteiger partial charge in [-0.3, -0.25) is 4.79 Å². The van der Waals surface area contributed by atoms with E-state index in [9.17, 15) is 4.79 Å². The van der Waals surface area contributed by atoms with Crippen LogP contribution in [0.15, 0.2) is 23.8 Å². The first-order chi connectivity index (χ1) is 5.24. The van der Waals surface area contributed by atoms with E-state index in [4.69, 9.17) is 0 Å². The molecule has 11 heavy (non-hydrogen) atoms. The Morgan fingerprint density at radius 3 is 2.82 bits per heavy atom. The Labute approximate surface area is 67.8 Å². The maximum atomic E-state index is 10.9. The average molecular weight is 150 g/mol. The molecule has 0 saturated carbocycles. The van der Waals surface area contributed by atoms with Gasteiger partial charge in [-0.05, 0) is 19.8 Å². The van der Waals surface area contributed by atoms with Crippen LogP contribution in [0.3, 0.4) is 0 Å². The second kappa shape index (κ2) is 3.51. The second-order valence-electron chi connectivity index (χ2n) is 2.94. The molecule has 0 aromatic heterocycles. The van der Waals surface area contributed by atoms with E-state index in [-0.39, 0.29) is 11.7 Å². The van der Waals surface area contributed by atoms with Crippen LogP contribution in [0.5, 0.6) is 0 Å². The predicted octanol–water partition coefficient (Wildman–Crippen LogP) is 2.49. The second-order valence-corrected chi connectivity index (χ2v) is 2.94. The van der Waals surface area contributed by atoms with Gasteiger partial charge in [-0.15, -0.1) is 0 Å². The normalized spacial score (nSPS) is 23.1. The Morgan fingerprint density at radius 2 is 2.45 bits per heavy atom. The van der Waals surface area contributed by atoms with E-state index in [1.165, 1.54) is 5.57 Å². The molecule has 1 rings (SSSR count). The first-order valence-electron chi connectivity index (χ1n) is 4.11. The number of rotatable bonds is 2. The Kier molecular flexibility index (Phi) is 2.64. The topological polar surface area (TPSA) is 17.1 Å². The highest BCUT2D eigenvalue weighted by atomic mass is 16.1. The molecule has 0 aliphatic heterocycles. The van der Waals surface area contributed by atoms with Gasteiger partial charge in [0, 0.05) is 5.92 Å². The van der Waals surface area contributed by atoms with Gasteiger partial charge in [0.05, 0.1) is 0 Å². The van der Waals surface area contributed by atoms with Crippen molar-refractivity contribution < 1.29 is 4.79 Å². The van der Waals surface area contributed by atoms with E-state index >= 15 is 0 Å². The zero-order valence-electron chi connectivity index (χ0n) is 7.13. The highest BCUT2D eigenvalue weighted by Gasteiger charge is 2.11. The smallest absolute Gasteiger partial charge is 0.136 e. The predicted molar refractivity (Wildman–Crippen MR) is 46.3 cm³/mol. The lowest BCUT2D eigenvalue weighted by Gasteiger charge is -2.11. The van der Waals surface area contributed by atoms with Gasteiger partial charge < -0.3 is 0 Å². The molecular formula is C10H14O. The minimum absolute atomic E-state index is 0.144. The molecule has 0 N–H and O–H groups in total. The van der Waals surface area contributed by atoms with Crippen LogP contribution in [0.4, 0.5) is 0 Å². The van der Waals surface area contributed by atoms with Crippen LogP contribution in [0, 0.1) is 5.92 Å². The summed E-state index contributed by atoms with van der Waals surface area (Å²) in [5.41, 5.74) is 1.35. The van der Waals surface area contributed by atoms with Gasteiger partial charge in [0.2, 0.25) is 0 Å². The van der Waals surface area contributed by atoms with Crippen molar-refractivity contribution in [3.8, 4) is 0 Å². The average Bonchev–Trinajstić information content (AvgIpc) is 2.05. The third-order valence-corrected chi connectivity index (χ3v) is 2.11. The molecule has 0 heterocycles. The van der Waals surface area contributed by atoms with Crippen molar-refractivity contribution in [3.05, 3.63) is 23.8 Å². The van der Waals surface area contributed by atoms with Gasteiger partial charge in [0.1, 0.15) is 5.78 Å². The Balaban J connectivity index is 2.57. The van der Waals surface area contributed by atoms with Gasteiger partial charge in [-0.2, -0.15) is 0 Å². The molecule has 1 unspecified atom stereocenters. The van der Waals surface area contributed by atoms with Crippen molar-refractivity contribution in [2.24, 2.45) is 5.92 Å². The van der Waals surface area contributed by atoms with Gasteiger partial charge in [-0.25, -0.2) is 0 Å². The minimum Gasteiger partial charge on any atom is -0.299 e. The number of carbonyl (C=O) groups excluding carboxylic acids is 1. The van der Waals surface area contributed by atoms with Crippen molar-refractivity contribution in [2.75, 3.05) is 0 Å². The highest BCUT2D eigenvalue weighted by molar-refractivity contribution is 5.80. The number of hydrogen-bond donors (Lipinski definition) is 0. The molecule has 0 aromatic carbocycles. The fourth-order valence-corrected chi connectivity index (χ4v) is 1.23. The standard InChI is InChI=1S/C10H14O/c1-3-9-4-6-10(7-5-9)8(2)11/h4-6,10H,3,7H2,1-2H3. The maximum Gasteiger partial charge on any atom is 0.136 e. The highest BCUT2D eigenvalue weighted by Crippen LogP contribution is 2.18. The van der Waals surface area contributed by atoms with Crippen LogP contribution in [-0.4, -0.2) is 5.78 Å². The zero-order valence-corrected chi connectivity index (χ0v) is 7.13. The summed E-state index contributed by atoms with van der Waals surface area (Å²) in [6, 6.07) is 0. The van der Waals surface area contributed by atoms with Crippen molar-refractivity contribution in [3.63, 3.8) is 0 Å². The largest absolute Gasteiger partial charge is 0.299 e. The van der Waals surface area contributed by atoms with Crippen molar-refractivity contribution in [1.29, 1.82) is 0 Å². The number of allylic oxidation sites excluding steroid dienone is 4. The molecular weight excluding hydrogens is 136 g/mol. The molecule has 1 nitrogen and oxygen atoms in total. The number of carbonyl (C=O) groups is 1. The SMILES string of the molecule is CCC1=CCC(C(C)=O)C=C1. The zero-order chi connectivity index (χ0) is 8.27. The Morgan fingerprint density at radius 1 is 1.73 bits per heavy atom. The van der Waals surface area contributed by atoms with Gasteiger partial charge in [-0.1, -0.05) is 30.7 Å². The van der Waals surface area contributed by atoms with Crippen LogP contribution in [0.2, 0.25) is 0 Å². The number of Topliss-reactive ketones (excluding diaryl/α,β-unsaturated/α-hetero) is 1. The van der Waals surface area contributed by atoms with Crippen molar-refractivity contribution in [2.45, 2.75) is 26.7 Å². The summed E-state index contributed by atoms with van der Waals surface area (Å²) in [7, 11) is 0. The molecule has 60 valence electrons. The van der Waals surface area contributed by atoms with Crippen LogP contribution < -0.4 is 0 Å². The number of ketones is 1. The third-order valence-electron chi connectivity index (χ3n) is 2.11. The fourth-order valence-electron chi connectivity index (χ4n) is 1.23. The summed E-state index contributed by atoms with van der Waals surface area (Å²) in [5, 5.41) is 0. The van der Waals surface area contributed by atoms with Gasteiger partial charge >= 0.3 is 0 Å². The summed E-state index contributed by atoms with van der Waals surface area (Å²) < 4.78 is 0. The lowest BCUT2D eigenvalue weighted by molar-refractivity contribution is -0.119. The molecule has 1 aliphatic rings. The molecule has 1 atom stereocenters. The first-order valence-corrected chi connectivity index (χ1v) is 4.11. The molecule has 0 saturated heterocycles. The fraction of sp³-hybridized carbons (Fsp3) is 0.500. The summed E-state index contributed by atoms with van der Waals surface area (Å²) in [5.74, 6) is 0.415. The lowest BCUT2D eigenvalue weighted by Crippen LogP contribution is -2.09. The lowest BCUT2D eigenvalue weighted by atomic mass is 9.93. The van der Waals surface area contributed by atoms with E-state index in [0.29, 0.717) is 0 Å². The van der Waals surface area contributed by atoms with Crippen LogP contribution >= 0.6 is 0 Å². The van der Waals surface area contributed by atoms with E-state index in [0.717, 1.165) is 12.8 Å². The van der Waals surface area contributed by atoms with Crippen LogP contribution in [0.1, 0.15) is 26.7 Å². The molecule has 0 amide bonds. The minimum atomic E-state index is 0.144. The Bertz CT molecular complexity index is 211. The van der Waals surface area contributed by atoms with E-state index < -0.39 is 0 Å². The quantitative estimate of drug-likeness (QED) is 0.591. The monoisotopic (exact) mass is 150 g/mol. The van der Waals surface area contributed by atoms with Gasteiger partial charge in [0.15, 0.2) is 0 Å². The van der Waals surface area contributed by atoms with Crippen molar-refractivity contribution >= 4 is 5.78 Å². The molecule has 0 radical (unpaired) electrons. The summed E-state index contributed by atoms with van der Waals surface area (Å²) in [6.45, 7) is 3.78. The van der Waals surface area contributed by atoms with Crippen LogP contribution in [0.25, 0.3) is 0 Å². The van der Waals surface area contributed by atoms with Gasteiger partial charge in [0.25, 0.3) is 0 Å². The van der Waals surface area contributed by atoms with Crippen molar-refractivity contribution in [1.82, 2.24) is 0 Å². The summed E-state index contributed by atoms with van der Waals surface area (Å²) in [4.78, 5) is 10.9. The van der Waals surface area contributed by atoms with E-state index in [2.05, 4.69) is 19.1 Å². The third kappa shape index (κ3) is 2.04. The Hall–Kier alpha value is -0.850. The van der Waals surface area contributed by atoms with E-state index in [1.54, 1.807) is 6.92 Å². The molecule has 0 spiro atoms.